The van der Waals surface area contributed by atoms with Crippen LogP contribution in [0.1, 0.15) is 37.0 Å². The fraction of sp³-hybridized carbons (Fsp3) is 0.647. The Morgan fingerprint density at radius 1 is 1.27 bits per heavy atom. The van der Waals surface area contributed by atoms with Gasteiger partial charge >= 0.3 is 12.1 Å². The number of halogens is 3. The van der Waals surface area contributed by atoms with Gasteiger partial charge in [-0.3, -0.25) is 9.69 Å². The van der Waals surface area contributed by atoms with Gasteiger partial charge in [0, 0.05) is 31.7 Å². The lowest BCUT2D eigenvalue weighted by molar-refractivity contribution is -0.192. The number of carboxylic acid groups (broad SMARTS) is 1. The summed E-state index contributed by atoms with van der Waals surface area (Å²) in [6.07, 6.45) is 0.263. The van der Waals surface area contributed by atoms with E-state index in [0.717, 1.165) is 32.5 Å². The van der Waals surface area contributed by atoms with Crippen LogP contribution < -0.4 is 0 Å². The molecule has 0 saturated carbocycles. The van der Waals surface area contributed by atoms with Crippen molar-refractivity contribution >= 4 is 11.9 Å². The summed E-state index contributed by atoms with van der Waals surface area (Å²) in [5.41, 5.74) is 0.683. The van der Waals surface area contributed by atoms with Gasteiger partial charge in [0.25, 0.3) is 5.91 Å². The number of nitrogens with zero attached hydrogens (tertiary/aromatic N) is 2. The number of carbonyl (C=O) groups excluding carboxylic acids is 1. The SMILES string of the molecule is CC(C)CN1CC[C@@H]2[C@@H]1CCN2C(=O)c1ccoc1.O=C(O)C(F)(F)F. The highest BCUT2D eigenvalue weighted by Gasteiger charge is 2.44. The monoisotopic (exact) mass is 376 g/mol. The number of rotatable bonds is 3. The molecule has 1 N–H and O–H groups in total. The van der Waals surface area contributed by atoms with E-state index in [1.165, 1.54) is 0 Å². The first-order valence-electron chi connectivity index (χ1n) is 8.48. The molecule has 2 aliphatic rings. The van der Waals surface area contributed by atoms with E-state index in [2.05, 4.69) is 23.6 Å². The number of amides is 1. The molecule has 1 amide bonds. The minimum atomic E-state index is -5.08. The molecular formula is C17H23F3N2O4. The number of alkyl halides is 3. The Bertz CT molecular complexity index is 616. The number of hydrogen-bond donors (Lipinski definition) is 1. The van der Waals surface area contributed by atoms with Crippen LogP contribution in [0.2, 0.25) is 0 Å². The zero-order valence-electron chi connectivity index (χ0n) is 14.7. The molecule has 2 fully saturated rings. The summed E-state index contributed by atoms with van der Waals surface area (Å²) in [7, 11) is 0. The summed E-state index contributed by atoms with van der Waals surface area (Å²) in [6, 6.07) is 2.73. The van der Waals surface area contributed by atoms with Crippen LogP contribution in [0.15, 0.2) is 23.0 Å². The summed E-state index contributed by atoms with van der Waals surface area (Å²) in [5, 5.41) is 7.12. The highest BCUT2D eigenvalue weighted by atomic mass is 19.4. The molecule has 3 rings (SSSR count). The van der Waals surface area contributed by atoms with Crippen molar-refractivity contribution in [3.05, 3.63) is 24.2 Å². The molecule has 0 aromatic carbocycles. The van der Waals surface area contributed by atoms with Gasteiger partial charge in [-0.15, -0.1) is 0 Å². The van der Waals surface area contributed by atoms with E-state index >= 15 is 0 Å². The van der Waals surface area contributed by atoms with E-state index in [1.807, 2.05) is 0 Å². The predicted molar refractivity (Wildman–Crippen MR) is 86.7 cm³/mol. The third-order valence-electron chi connectivity index (χ3n) is 4.56. The van der Waals surface area contributed by atoms with Crippen LogP contribution in [0.25, 0.3) is 0 Å². The lowest BCUT2D eigenvalue weighted by Crippen LogP contribution is -2.40. The number of likely N-dealkylation sites (tertiary alicyclic amines) is 2. The van der Waals surface area contributed by atoms with E-state index in [1.54, 1.807) is 18.6 Å². The first-order chi connectivity index (χ1) is 12.1. The smallest absolute Gasteiger partial charge is 0.475 e. The van der Waals surface area contributed by atoms with Crippen molar-refractivity contribution in [2.24, 2.45) is 5.92 Å². The third kappa shape index (κ3) is 4.78. The van der Waals surface area contributed by atoms with E-state index in [-0.39, 0.29) is 5.91 Å². The van der Waals surface area contributed by atoms with E-state index in [9.17, 15) is 18.0 Å². The van der Waals surface area contributed by atoms with Crippen molar-refractivity contribution in [3.63, 3.8) is 0 Å². The fourth-order valence-electron chi connectivity index (χ4n) is 3.58. The second-order valence-electron chi connectivity index (χ2n) is 6.91. The largest absolute Gasteiger partial charge is 0.490 e. The molecule has 2 saturated heterocycles. The summed E-state index contributed by atoms with van der Waals surface area (Å²) in [6.45, 7) is 7.68. The first kappa shape index (κ1) is 20.3. The number of aliphatic carboxylic acids is 1. The molecule has 1 aromatic heterocycles. The number of hydrogen-bond acceptors (Lipinski definition) is 4. The Hall–Kier alpha value is -2.03. The van der Waals surface area contributed by atoms with Gasteiger partial charge in [-0.2, -0.15) is 13.2 Å². The van der Waals surface area contributed by atoms with Gasteiger partial charge in [-0.05, 0) is 24.8 Å². The maximum absolute atomic E-state index is 12.4. The normalized spacial score (nSPS) is 22.9. The predicted octanol–water partition coefficient (Wildman–Crippen LogP) is 2.86. The van der Waals surface area contributed by atoms with Crippen LogP contribution in [0.5, 0.6) is 0 Å². The molecule has 9 heteroatoms. The average Bonchev–Trinajstić information content (AvgIpc) is 3.24. The molecule has 1 aromatic rings. The third-order valence-corrected chi connectivity index (χ3v) is 4.56. The highest BCUT2D eigenvalue weighted by Crippen LogP contribution is 2.33. The number of furan rings is 1. The Morgan fingerprint density at radius 2 is 1.88 bits per heavy atom. The van der Waals surface area contributed by atoms with Crippen LogP contribution in [0.4, 0.5) is 13.2 Å². The quantitative estimate of drug-likeness (QED) is 0.878. The Labute approximate surface area is 149 Å². The summed E-state index contributed by atoms with van der Waals surface area (Å²) >= 11 is 0. The average molecular weight is 376 g/mol. The van der Waals surface area contributed by atoms with Crippen molar-refractivity contribution in [1.29, 1.82) is 0 Å². The number of carbonyl (C=O) groups is 2. The first-order valence-corrected chi connectivity index (χ1v) is 8.48. The highest BCUT2D eigenvalue weighted by molar-refractivity contribution is 5.94. The van der Waals surface area contributed by atoms with Crippen LogP contribution in [-0.2, 0) is 4.79 Å². The Balaban J connectivity index is 0.000000298. The summed E-state index contributed by atoms with van der Waals surface area (Å²) in [4.78, 5) is 25.9. The molecule has 0 aliphatic carbocycles. The standard InChI is InChI=1S/C15H22N2O2.C2HF3O2/c1-11(2)9-16-6-3-14-13(16)4-7-17(14)15(18)12-5-8-19-10-12;3-2(4,5)1(6)7/h5,8,10-11,13-14H,3-4,6-7,9H2,1-2H3;(H,6,7)/t13-,14+;/m0./s1. The fourth-order valence-corrected chi connectivity index (χ4v) is 3.58. The lowest BCUT2D eigenvalue weighted by Gasteiger charge is -2.26. The van der Waals surface area contributed by atoms with Gasteiger partial charge in [0.2, 0.25) is 0 Å². The van der Waals surface area contributed by atoms with Crippen molar-refractivity contribution in [2.75, 3.05) is 19.6 Å². The van der Waals surface area contributed by atoms with Crippen molar-refractivity contribution in [2.45, 2.75) is 44.9 Å². The Kier molecular flexibility index (Phi) is 6.33. The molecule has 0 unspecified atom stereocenters. The van der Waals surface area contributed by atoms with Gasteiger partial charge in [0.15, 0.2) is 0 Å². The van der Waals surface area contributed by atoms with Crippen LogP contribution >= 0.6 is 0 Å². The molecule has 0 spiro atoms. The zero-order valence-corrected chi connectivity index (χ0v) is 14.7. The topological polar surface area (TPSA) is 74.0 Å². The molecule has 26 heavy (non-hydrogen) atoms. The molecule has 2 aliphatic heterocycles. The maximum Gasteiger partial charge on any atom is 0.490 e. The Morgan fingerprint density at radius 3 is 2.38 bits per heavy atom. The molecule has 0 radical (unpaired) electrons. The summed E-state index contributed by atoms with van der Waals surface area (Å²) < 4.78 is 36.8. The maximum atomic E-state index is 12.4. The van der Waals surface area contributed by atoms with Gasteiger partial charge in [0.05, 0.1) is 11.8 Å². The van der Waals surface area contributed by atoms with Gasteiger partial charge in [-0.1, -0.05) is 13.8 Å². The van der Waals surface area contributed by atoms with E-state index < -0.39 is 12.1 Å². The second kappa shape index (κ2) is 8.11. The van der Waals surface area contributed by atoms with Crippen LogP contribution in [0.3, 0.4) is 0 Å². The van der Waals surface area contributed by atoms with Crippen molar-refractivity contribution < 1.29 is 32.3 Å². The van der Waals surface area contributed by atoms with Crippen molar-refractivity contribution in [3.8, 4) is 0 Å². The van der Waals surface area contributed by atoms with Gasteiger partial charge in [-0.25, -0.2) is 4.79 Å². The molecule has 6 nitrogen and oxygen atoms in total. The van der Waals surface area contributed by atoms with E-state index in [4.69, 9.17) is 14.3 Å². The second-order valence-corrected chi connectivity index (χ2v) is 6.91. The van der Waals surface area contributed by atoms with Crippen molar-refractivity contribution in [1.82, 2.24) is 9.80 Å². The van der Waals surface area contributed by atoms with Gasteiger partial charge in [0.1, 0.15) is 6.26 Å². The number of fused-ring (bicyclic) bond motifs is 1. The zero-order chi connectivity index (χ0) is 19.5. The lowest BCUT2D eigenvalue weighted by atomic mass is 10.1. The minimum absolute atomic E-state index is 0.132. The van der Waals surface area contributed by atoms with Crippen LogP contribution in [0, 0.1) is 5.92 Å². The summed E-state index contributed by atoms with van der Waals surface area (Å²) in [5.74, 6) is -1.93. The van der Waals surface area contributed by atoms with Crippen LogP contribution in [-0.4, -0.2) is 64.7 Å². The molecule has 2 atom stereocenters. The van der Waals surface area contributed by atoms with E-state index in [0.29, 0.717) is 23.6 Å². The minimum Gasteiger partial charge on any atom is -0.475 e. The van der Waals surface area contributed by atoms with Gasteiger partial charge < -0.3 is 14.4 Å². The number of carboxylic acids is 1. The molecule has 3 heterocycles. The molecule has 146 valence electrons. The molecular weight excluding hydrogens is 353 g/mol. The molecule has 0 bridgehead atoms.